The number of carbonyl (C=O) groups excluding carboxylic acids is 1. The van der Waals surface area contributed by atoms with Crippen LogP contribution in [-0.4, -0.2) is 31.5 Å². The van der Waals surface area contributed by atoms with Gasteiger partial charge in [0.25, 0.3) is 5.91 Å². The lowest BCUT2D eigenvalue weighted by atomic mass is 9.83. The first-order chi connectivity index (χ1) is 11.7. The molecule has 1 fully saturated rings. The molecule has 0 atom stereocenters. The van der Waals surface area contributed by atoms with Crippen LogP contribution in [0.1, 0.15) is 29.6 Å². The number of aromatic nitrogens is 4. The Kier molecular flexibility index (Phi) is 3.50. The average Bonchev–Trinajstić information content (AvgIpc) is 3.03. The lowest BCUT2D eigenvalue weighted by Gasteiger charge is -2.46. The number of hydrogen-bond acceptors (Lipinski definition) is 6. The summed E-state index contributed by atoms with van der Waals surface area (Å²) in [7, 11) is 0. The predicted octanol–water partition coefficient (Wildman–Crippen LogP) is 2.55. The second kappa shape index (κ2) is 5.59. The van der Waals surface area contributed by atoms with Crippen molar-refractivity contribution < 1.29 is 4.79 Å². The van der Waals surface area contributed by atoms with E-state index < -0.39 is 0 Å². The average molecular weight is 358 g/mol. The van der Waals surface area contributed by atoms with Crippen molar-refractivity contribution >= 4 is 46.8 Å². The van der Waals surface area contributed by atoms with Gasteiger partial charge in [-0.05, 0) is 37.5 Å². The Balaban J connectivity index is 0.00000157. The lowest BCUT2D eigenvalue weighted by Crippen LogP contribution is -2.61. The molecule has 0 aromatic carbocycles. The van der Waals surface area contributed by atoms with Gasteiger partial charge in [0.1, 0.15) is 35.1 Å². The van der Waals surface area contributed by atoms with E-state index in [0.29, 0.717) is 23.0 Å². The zero-order valence-corrected chi connectivity index (χ0v) is 14.0. The molecule has 1 aliphatic heterocycles. The molecule has 9 heteroatoms. The highest BCUT2D eigenvalue weighted by Gasteiger charge is 2.42. The van der Waals surface area contributed by atoms with Crippen molar-refractivity contribution in [3.63, 3.8) is 0 Å². The van der Waals surface area contributed by atoms with Crippen molar-refractivity contribution in [3.8, 4) is 0 Å². The summed E-state index contributed by atoms with van der Waals surface area (Å²) in [5, 5.41) is 10.5. The molecule has 3 aromatic rings. The first kappa shape index (κ1) is 15.6. The van der Waals surface area contributed by atoms with Crippen LogP contribution in [0, 0.1) is 0 Å². The fraction of sp³-hybridized carbons (Fsp3) is 0.250. The van der Waals surface area contributed by atoms with Gasteiger partial charge in [-0.25, -0.2) is 15.0 Å². The summed E-state index contributed by atoms with van der Waals surface area (Å²) in [5.41, 5.74) is 1.00. The second-order valence-electron chi connectivity index (χ2n) is 6.19. The Morgan fingerprint density at radius 1 is 1.12 bits per heavy atom. The van der Waals surface area contributed by atoms with Crippen molar-refractivity contribution in [1.82, 2.24) is 25.3 Å². The highest BCUT2D eigenvalue weighted by molar-refractivity contribution is 6.01. The maximum Gasteiger partial charge on any atom is 0.256 e. The van der Waals surface area contributed by atoms with Crippen molar-refractivity contribution in [2.24, 2.45) is 0 Å². The molecule has 0 bridgehead atoms. The van der Waals surface area contributed by atoms with Crippen LogP contribution < -0.4 is 16.0 Å². The summed E-state index contributed by atoms with van der Waals surface area (Å²) in [4.78, 5) is 28.3. The standard InChI is InChI=1S/C16H15N7O.ClH/c24-15-10-2-3-11(21-14(10)22-16(23-15)5-1-6-16)20-13-9-4-7-17-12(9)18-8-19-13;/h2-4,7-8H,1,5-6H2,(H,23,24)(H3,17,18,19,20,21,22);1H. The molecule has 8 nitrogen and oxygen atoms in total. The summed E-state index contributed by atoms with van der Waals surface area (Å²) in [6, 6.07) is 5.46. The number of aromatic amines is 1. The SMILES string of the molecule is Cl.O=C1NC2(CCC2)Nc2nc(Nc3ncnc4[nH]ccc34)ccc21. The Labute approximate surface area is 149 Å². The van der Waals surface area contributed by atoms with Gasteiger partial charge in [-0.3, -0.25) is 4.79 Å². The van der Waals surface area contributed by atoms with Gasteiger partial charge in [0.05, 0.1) is 10.9 Å². The van der Waals surface area contributed by atoms with Crippen molar-refractivity contribution in [3.05, 3.63) is 36.3 Å². The van der Waals surface area contributed by atoms with Gasteiger partial charge < -0.3 is 20.9 Å². The van der Waals surface area contributed by atoms with Crippen molar-refractivity contribution in [1.29, 1.82) is 0 Å². The molecule has 1 amide bonds. The molecule has 0 saturated heterocycles. The van der Waals surface area contributed by atoms with Crippen LogP contribution in [0.25, 0.3) is 11.0 Å². The number of carbonyl (C=O) groups is 1. The van der Waals surface area contributed by atoms with E-state index in [-0.39, 0.29) is 24.0 Å². The fourth-order valence-electron chi connectivity index (χ4n) is 3.22. The monoisotopic (exact) mass is 357 g/mol. The zero-order chi connectivity index (χ0) is 16.1. The first-order valence-corrected chi connectivity index (χ1v) is 7.89. The number of H-pyrrole nitrogens is 1. The molecule has 0 radical (unpaired) electrons. The largest absolute Gasteiger partial charge is 0.347 e. The molecule has 4 N–H and O–H groups in total. The van der Waals surface area contributed by atoms with Crippen LogP contribution in [0.2, 0.25) is 0 Å². The highest BCUT2D eigenvalue weighted by atomic mass is 35.5. The summed E-state index contributed by atoms with van der Waals surface area (Å²) in [5.74, 6) is 1.85. The predicted molar refractivity (Wildman–Crippen MR) is 96.3 cm³/mol. The number of anilines is 3. The van der Waals surface area contributed by atoms with Gasteiger partial charge >= 0.3 is 0 Å². The molecule has 1 spiro atoms. The summed E-state index contributed by atoms with van der Waals surface area (Å²) in [6.07, 6.45) is 6.26. The Morgan fingerprint density at radius 2 is 2.00 bits per heavy atom. The lowest BCUT2D eigenvalue weighted by molar-refractivity contribution is 0.0843. The second-order valence-corrected chi connectivity index (χ2v) is 6.19. The van der Waals surface area contributed by atoms with E-state index in [4.69, 9.17) is 0 Å². The molecular formula is C16H16ClN7O. The van der Waals surface area contributed by atoms with Gasteiger partial charge in [-0.1, -0.05) is 0 Å². The number of hydrogen-bond donors (Lipinski definition) is 4. The molecule has 25 heavy (non-hydrogen) atoms. The molecule has 0 unspecified atom stereocenters. The Hall–Kier alpha value is -2.87. The maximum absolute atomic E-state index is 12.3. The van der Waals surface area contributed by atoms with E-state index >= 15 is 0 Å². The molecule has 1 aliphatic carbocycles. The van der Waals surface area contributed by atoms with E-state index in [1.165, 1.54) is 6.33 Å². The maximum atomic E-state index is 12.3. The molecular weight excluding hydrogens is 342 g/mol. The van der Waals surface area contributed by atoms with Crippen molar-refractivity contribution in [2.75, 3.05) is 10.6 Å². The van der Waals surface area contributed by atoms with Crippen LogP contribution >= 0.6 is 12.4 Å². The number of amides is 1. The number of nitrogens with zero attached hydrogens (tertiary/aromatic N) is 3. The van der Waals surface area contributed by atoms with Crippen molar-refractivity contribution in [2.45, 2.75) is 24.9 Å². The zero-order valence-electron chi connectivity index (χ0n) is 13.2. The third kappa shape index (κ3) is 2.45. The van der Waals surface area contributed by atoms with Crippen LogP contribution in [-0.2, 0) is 0 Å². The third-order valence-electron chi connectivity index (χ3n) is 4.66. The molecule has 4 heterocycles. The van der Waals surface area contributed by atoms with Gasteiger partial charge in [0.2, 0.25) is 0 Å². The van der Waals surface area contributed by atoms with E-state index in [9.17, 15) is 4.79 Å². The smallest absolute Gasteiger partial charge is 0.256 e. The molecule has 2 aliphatic rings. The molecule has 3 aromatic heterocycles. The summed E-state index contributed by atoms with van der Waals surface area (Å²) < 4.78 is 0. The minimum Gasteiger partial charge on any atom is -0.347 e. The van der Waals surface area contributed by atoms with Crippen LogP contribution in [0.4, 0.5) is 17.5 Å². The van der Waals surface area contributed by atoms with Gasteiger partial charge in [-0.2, -0.15) is 0 Å². The van der Waals surface area contributed by atoms with Crippen LogP contribution in [0.5, 0.6) is 0 Å². The summed E-state index contributed by atoms with van der Waals surface area (Å²) in [6.45, 7) is 0. The highest BCUT2D eigenvalue weighted by Crippen LogP contribution is 2.37. The number of pyridine rings is 1. The number of fused-ring (bicyclic) bond motifs is 2. The van der Waals surface area contributed by atoms with Gasteiger partial charge in [0.15, 0.2) is 0 Å². The van der Waals surface area contributed by atoms with Gasteiger partial charge in [0, 0.05) is 6.20 Å². The van der Waals surface area contributed by atoms with E-state index in [1.807, 2.05) is 12.3 Å². The molecule has 128 valence electrons. The topological polar surface area (TPSA) is 108 Å². The molecule has 5 rings (SSSR count). The minimum absolute atomic E-state index is 0. The quantitative estimate of drug-likeness (QED) is 0.561. The number of nitrogens with one attached hydrogen (secondary N) is 4. The number of rotatable bonds is 2. The van der Waals surface area contributed by atoms with Crippen LogP contribution in [0.15, 0.2) is 30.7 Å². The van der Waals surface area contributed by atoms with Crippen LogP contribution in [0.3, 0.4) is 0 Å². The van der Waals surface area contributed by atoms with E-state index in [2.05, 4.69) is 35.9 Å². The minimum atomic E-state index is -0.321. The van der Waals surface area contributed by atoms with E-state index in [0.717, 1.165) is 30.3 Å². The Morgan fingerprint density at radius 3 is 2.80 bits per heavy atom. The van der Waals surface area contributed by atoms with Gasteiger partial charge in [-0.15, -0.1) is 12.4 Å². The van der Waals surface area contributed by atoms with E-state index in [1.54, 1.807) is 12.1 Å². The normalized spacial score (nSPS) is 17.0. The number of halogens is 1. The first-order valence-electron chi connectivity index (χ1n) is 7.89. The molecule has 1 saturated carbocycles. The summed E-state index contributed by atoms with van der Waals surface area (Å²) >= 11 is 0. The third-order valence-corrected chi connectivity index (χ3v) is 4.66. The fourth-order valence-corrected chi connectivity index (χ4v) is 3.22. The Bertz CT molecular complexity index is 966.